The number of ether oxygens (including phenoxy) is 2. The van der Waals surface area contributed by atoms with Crippen molar-refractivity contribution in [3.05, 3.63) is 53.1 Å². The molecule has 0 aromatic heterocycles. The number of halogens is 1. The van der Waals surface area contributed by atoms with Gasteiger partial charge in [-0.15, -0.1) is 0 Å². The monoisotopic (exact) mass is 348 g/mol. The molecular formula is C18H21ClN2O3. The van der Waals surface area contributed by atoms with Crippen LogP contribution in [-0.2, 0) is 16.0 Å². The SMILES string of the molecule is COCCOc1c(Cl)cccc1NC(=O)CCc1ccccc1N. The van der Waals surface area contributed by atoms with E-state index in [4.69, 9.17) is 26.8 Å². The summed E-state index contributed by atoms with van der Waals surface area (Å²) in [5, 5.41) is 3.28. The van der Waals surface area contributed by atoms with Gasteiger partial charge in [0, 0.05) is 19.2 Å². The molecule has 0 aliphatic heterocycles. The Morgan fingerprint density at radius 2 is 1.96 bits per heavy atom. The lowest BCUT2D eigenvalue weighted by molar-refractivity contribution is -0.116. The standard InChI is InChI=1S/C18H21ClN2O3/c1-23-11-12-24-18-14(19)6-4-8-16(18)21-17(22)10-9-13-5-2-3-7-15(13)20/h2-8H,9-12,20H2,1H3,(H,21,22). The summed E-state index contributed by atoms with van der Waals surface area (Å²) in [5.74, 6) is 0.320. The summed E-state index contributed by atoms with van der Waals surface area (Å²) in [6.07, 6.45) is 0.886. The first-order valence-corrected chi connectivity index (χ1v) is 8.03. The number of rotatable bonds is 8. The fraction of sp³-hybridized carbons (Fsp3) is 0.278. The van der Waals surface area contributed by atoms with Crippen molar-refractivity contribution in [2.24, 2.45) is 0 Å². The minimum absolute atomic E-state index is 0.128. The fourth-order valence-corrected chi connectivity index (χ4v) is 2.43. The number of carbonyl (C=O) groups excluding carboxylic acids is 1. The number of hydrogen-bond acceptors (Lipinski definition) is 4. The second kappa shape index (κ2) is 9.15. The van der Waals surface area contributed by atoms with Crippen molar-refractivity contribution in [2.45, 2.75) is 12.8 Å². The van der Waals surface area contributed by atoms with Crippen LogP contribution in [0.25, 0.3) is 0 Å². The molecular weight excluding hydrogens is 328 g/mol. The van der Waals surface area contributed by atoms with Gasteiger partial charge in [0.25, 0.3) is 0 Å². The molecule has 0 spiro atoms. The third kappa shape index (κ3) is 5.15. The number of benzene rings is 2. The number of nitrogens with one attached hydrogen (secondary N) is 1. The van der Waals surface area contributed by atoms with Crippen molar-refractivity contribution in [2.75, 3.05) is 31.4 Å². The summed E-state index contributed by atoms with van der Waals surface area (Å²) in [6.45, 7) is 0.787. The lowest BCUT2D eigenvalue weighted by Gasteiger charge is -2.14. The van der Waals surface area contributed by atoms with Gasteiger partial charge in [-0.25, -0.2) is 0 Å². The Morgan fingerprint density at radius 3 is 2.71 bits per heavy atom. The van der Waals surface area contributed by atoms with E-state index in [-0.39, 0.29) is 5.91 Å². The number of amides is 1. The molecule has 0 radical (unpaired) electrons. The van der Waals surface area contributed by atoms with Gasteiger partial charge in [-0.2, -0.15) is 0 Å². The summed E-state index contributed by atoms with van der Waals surface area (Å²) in [7, 11) is 1.59. The molecule has 0 aliphatic carbocycles. The Hall–Kier alpha value is -2.24. The van der Waals surface area contributed by atoms with Crippen LogP contribution >= 0.6 is 11.6 Å². The first-order chi connectivity index (χ1) is 11.6. The van der Waals surface area contributed by atoms with Gasteiger partial charge in [-0.05, 0) is 30.2 Å². The molecule has 1 amide bonds. The van der Waals surface area contributed by atoms with Gasteiger partial charge < -0.3 is 20.5 Å². The molecule has 128 valence electrons. The van der Waals surface area contributed by atoms with Gasteiger partial charge in [-0.3, -0.25) is 4.79 Å². The van der Waals surface area contributed by atoms with Crippen molar-refractivity contribution in [3.63, 3.8) is 0 Å². The third-order valence-corrected chi connectivity index (χ3v) is 3.75. The first kappa shape index (κ1) is 18.1. The van der Waals surface area contributed by atoms with Gasteiger partial charge >= 0.3 is 0 Å². The van der Waals surface area contributed by atoms with Gasteiger partial charge in [-0.1, -0.05) is 35.9 Å². The normalized spacial score (nSPS) is 10.4. The van der Waals surface area contributed by atoms with E-state index >= 15 is 0 Å². The van der Waals surface area contributed by atoms with E-state index < -0.39 is 0 Å². The highest BCUT2D eigenvalue weighted by molar-refractivity contribution is 6.32. The van der Waals surface area contributed by atoms with Gasteiger partial charge in [0.1, 0.15) is 6.61 Å². The van der Waals surface area contributed by atoms with Gasteiger partial charge in [0.15, 0.2) is 5.75 Å². The second-order valence-electron chi connectivity index (χ2n) is 5.20. The average Bonchev–Trinajstić information content (AvgIpc) is 2.57. The van der Waals surface area contributed by atoms with Crippen LogP contribution in [-0.4, -0.2) is 26.2 Å². The molecule has 0 atom stereocenters. The Morgan fingerprint density at radius 1 is 1.17 bits per heavy atom. The van der Waals surface area contributed by atoms with Crippen molar-refractivity contribution >= 4 is 28.9 Å². The summed E-state index contributed by atoms with van der Waals surface area (Å²) in [5.41, 5.74) is 8.08. The lowest BCUT2D eigenvalue weighted by atomic mass is 10.1. The predicted octanol–water partition coefficient (Wildman–Crippen LogP) is 3.52. The van der Waals surface area contributed by atoms with Crippen LogP contribution in [0.2, 0.25) is 5.02 Å². The highest BCUT2D eigenvalue weighted by atomic mass is 35.5. The molecule has 0 saturated heterocycles. The van der Waals surface area contributed by atoms with E-state index in [1.165, 1.54) is 0 Å². The van der Waals surface area contributed by atoms with Crippen LogP contribution in [0.3, 0.4) is 0 Å². The molecule has 3 N–H and O–H groups in total. The molecule has 5 nitrogen and oxygen atoms in total. The molecule has 24 heavy (non-hydrogen) atoms. The molecule has 0 saturated carbocycles. The number of anilines is 2. The molecule has 6 heteroatoms. The highest BCUT2D eigenvalue weighted by Crippen LogP contribution is 2.33. The predicted molar refractivity (Wildman–Crippen MR) is 96.6 cm³/mol. The highest BCUT2D eigenvalue weighted by Gasteiger charge is 2.12. The molecule has 0 fully saturated rings. The summed E-state index contributed by atoms with van der Waals surface area (Å²) in [4.78, 5) is 12.2. The molecule has 0 aliphatic rings. The Bertz CT molecular complexity index is 692. The van der Waals surface area contributed by atoms with Crippen molar-refractivity contribution in [3.8, 4) is 5.75 Å². The molecule has 0 unspecified atom stereocenters. The molecule has 2 aromatic rings. The van der Waals surface area contributed by atoms with E-state index in [1.807, 2.05) is 24.3 Å². The van der Waals surface area contributed by atoms with E-state index in [1.54, 1.807) is 25.3 Å². The maximum absolute atomic E-state index is 12.2. The Kier molecular flexibility index (Phi) is 6.90. The van der Waals surface area contributed by atoms with Gasteiger partial charge in [0.05, 0.1) is 17.3 Å². The Labute approximate surface area is 146 Å². The van der Waals surface area contributed by atoms with E-state index in [2.05, 4.69) is 5.32 Å². The van der Waals surface area contributed by atoms with Crippen molar-refractivity contribution in [1.82, 2.24) is 0 Å². The second-order valence-corrected chi connectivity index (χ2v) is 5.61. The first-order valence-electron chi connectivity index (χ1n) is 7.65. The topological polar surface area (TPSA) is 73.6 Å². The summed E-state index contributed by atoms with van der Waals surface area (Å²) >= 11 is 6.15. The summed E-state index contributed by atoms with van der Waals surface area (Å²) in [6, 6.07) is 12.7. The molecule has 0 heterocycles. The number of para-hydroxylation sites is 2. The number of hydrogen-bond donors (Lipinski definition) is 2. The fourth-order valence-electron chi connectivity index (χ4n) is 2.20. The van der Waals surface area contributed by atoms with Crippen molar-refractivity contribution in [1.29, 1.82) is 0 Å². The van der Waals surface area contributed by atoms with E-state index in [9.17, 15) is 4.79 Å². The molecule has 2 rings (SSSR count). The smallest absolute Gasteiger partial charge is 0.224 e. The third-order valence-electron chi connectivity index (χ3n) is 3.45. The number of carbonyl (C=O) groups is 1. The molecule has 0 bridgehead atoms. The Balaban J connectivity index is 1.98. The minimum atomic E-state index is -0.128. The molecule has 2 aromatic carbocycles. The quantitative estimate of drug-likeness (QED) is 0.565. The van der Waals surface area contributed by atoms with Gasteiger partial charge in [0.2, 0.25) is 5.91 Å². The zero-order chi connectivity index (χ0) is 17.4. The van der Waals surface area contributed by atoms with Crippen LogP contribution in [0.4, 0.5) is 11.4 Å². The largest absolute Gasteiger partial charge is 0.487 e. The average molecular weight is 349 g/mol. The zero-order valence-electron chi connectivity index (χ0n) is 13.5. The summed E-state index contributed by atoms with van der Waals surface area (Å²) < 4.78 is 10.6. The van der Waals surface area contributed by atoms with E-state index in [0.29, 0.717) is 48.2 Å². The van der Waals surface area contributed by atoms with Crippen LogP contribution in [0.5, 0.6) is 5.75 Å². The van der Waals surface area contributed by atoms with Crippen LogP contribution in [0, 0.1) is 0 Å². The minimum Gasteiger partial charge on any atom is -0.487 e. The van der Waals surface area contributed by atoms with Crippen LogP contribution in [0.15, 0.2) is 42.5 Å². The maximum Gasteiger partial charge on any atom is 0.224 e. The lowest BCUT2D eigenvalue weighted by Crippen LogP contribution is -2.14. The van der Waals surface area contributed by atoms with Crippen LogP contribution in [0.1, 0.15) is 12.0 Å². The number of nitrogens with two attached hydrogens (primary N) is 1. The van der Waals surface area contributed by atoms with Crippen LogP contribution < -0.4 is 15.8 Å². The number of nitrogen functional groups attached to an aromatic ring is 1. The van der Waals surface area contributed by atoms with E-state index in [0.717, 1.165) is 5.56 Å². The maximum atomic E-state index is 12.2. The van der Waals surface area contributed by atoms with Crippen molar-refractivity contribution < 1.29 is 14.3 Å². The number of aryl methyl sites for hydroxylation is 1. The zero-order valence-corrected chi connectivity index (χ0v) is 14.3. The number of methoxy groups -OCH3 is 1.